The summed E-state index contributed by atoms with van der Waals surface area (Å²) < 4.78 is 7.89. The molecule has 2 rings (SSSR count). The van der Waals surface area contributed by atoms with Crippen molar-refractivity contribution in [2.75, 3.05) is 6.61 Å². The molecule has 0 heterocycles. The van der Waals surface area contributed by atoms with Crippen LogP contribution in [-0.4, -0.2) is 42.5 Å². The number of carbonyl (C=O) groups is 1. The first-order chi connectivity index (χ1) is 12.7. The molecule has 0 bridgehead atoms. The van der Waals surface area contributed by atoms with Crippen molar-refractivity contribution in [3.05, 3.63) is 82.9 Å². The summed E-state index contributed by atoms with van der Waals surface area (Å²) in [4.78, 5) is 14.3. The Hall–Kier alpha value is -1.57. The van der Waals surface area contributed by atoms with Crippen molar-refractivity contribution in [3.63, 3.8) is 0 Å². The first kappa shape index (κ1) is 20.7. The van der Waals surface area contributed by atoms with Crippen LogP contribution in [0.3, 0.4) is 0 Å². The van der Waals surface area contributed by atoms with Gasteiger partial charge >= 0.3 is 169 Å². The zero-order valence-electron chi connectivity index (χ0n) is 15.2. The van der Waals surface area contributed by atoms with E-state index in [9.17, 15) is 4.79 Å². The van der Waals surface area contributed by atoms with Gasteiger partial charge in [-0.3, -0.25) is 0 Å². The third kappa shape index (κ3) is 7.76. The summed E-state index contributed by atoms with van der Waals surface area (Å²) in [5.74, 6) is -0.192. The van der Waals surface area contributed by atoms with Crippen molar-refractivity contribution >= 4 is 44.8 Å². The Balaban J connectivity index is 1.97. The van der Waals surface area contributed by atoms with Crippen LogP contribution in [0.1, 0.15) is 20.3 Å². The number of esters is 1. The van der Waals surface area contributed by atoms with E-state index in [-0.39, 0.29) is 20.9 Å². The molecule has 0 aliphatic rings. The van der Waals surface area contributed by atoms with Crippen LogP contribution in [0.4, 0.5) is 0 Å². The molecule has 0 fully saturated rings. The van der Waals surface area contributed by atoms with Gasteiger partial charge in [-0.05, 0) is 0 Å². The molecule has 0 aromatic heterocycles. The molecule has 4 heteroatoms. The molecule has 0 spiro atoms. The van der Waals surface area contributed by atoms with E-state index < -0.39 is 0 Å². The molecule has 0 aliphatic carbocycles. The second-order valence-electron chi connectivity index (χ2n) is 5.65. The van der Waals surface area contributed by atoms with Gasteiger partial charge in [-0.15, -0.1) is 0 Å². The van der Waals surface area contributed by atoms with E-state index >= 15 is 0 Å². The van der Waals surface area contributed by atoms with Crippen molar-refractivity contribution in [2.45, 2.75) is 25.6 Å². The van der Waals surface area contributed by atoms with E-state index in [2.05, 4.69) is 54.4 Å². The zero-order valence-corrected chi connectivity index (χ0v) is 18.6. The Morgan fingerprint density at radius 2 is 1.62 bits per heavy atom. The number of hydrogen-bond donors (Lipinski definition) is 0. The maximum absolute atomic E-state index is 12.3. The molecule has 2 nitrogen and oxygen atoms in total. The van der Waals surface area contributed by atoms with Crippen LogP contribution < -0.4 is 8.92 Å². The predicted molar refractivity (Wildman–Crippen MR) is 112 cm³/mol. The molecule has 2 aromatic carbocycles. The van der Waals surface area contributed by atoms with Crippen LogP contribution >= 0.6 is 0 Å². The van der Waals surface area contributed by atoms with E-state index in [1.807, 2.05) is 31.2 Å². The molecule has 0 saturated heterocycles. The molecule has 0 amide bonds. The number of rotatable bonds is 9. The number of benzene rings is 2. The monoisotopic (exact) mass is 480 g/mol. The Morgan fingerprint density at radius 1 is 1.00 bits per heavy atom. The number of ether oxygens (including phenoxy) is 1. The van der Waals surface area contributed by atoms with Gasteiger partial charge in [0.05, 0.1) is 0 Å². The standard InChI is InChI=1S/C22H24O2Se2/c1-3-24-22(23)19(17-26-21-12-8-5-9-13-21)15-14-18(2)16-25-20-10-6-4-7-11-20/h4-14,17H,3,15-16H2,1-2H3/b18-14+,19-17-. The van der Waals surface area contributed by atoms with E-state index in [1.165, 1.54) is 14.5 Å². The number of hydrogen-bond acceptors (Lipinski definition) is 2. The fourth-order valence-corrected chi connectivity index (χ4v) is 5.55. The van der Waals surface area contributed by atoms with E-state index in [0.29, 0.717) is 28.0 Å². The molecule has 136 valence electrons. The molecule has 2 aromatic rings. The first-order valence-corrected chi connectivity index (χ1v) is 12.5. The molecule has 0 aliphatic heterocycles. The van der Waals surface area contributed by atoms with Gasteiger partial charge in [0.25, 0.3) is 0 Å². The Morgan fingerprint density at radius 3 is 2.23 bits per heavy atom. The minimum atomic E-state index is -0.192. The van der Waals surface area contributed by atoms with Crippen LogP contribution in [0.15, 0.2) is 82.9 Å². The van der Waals surface area contributed by atoms with Crippen molar-refractivity contribution in [1.82, 2.24) is 0 Å². The van der Waals surface area contributed by atoms with Gasteiger partial charge in [-0.1, -0.05) is 0 Å². The summed E-state index contributed by atoms with van der Waals surface area (Å²) in [5.41, 5.74) is 2.10. The van der Waals surface area contributed by atoms with Crippen molar-refractivity contribution in [2.24, 2.45) is 0 Å². The summed E-state index contributed by atoms with van der Waals surface area (Å²) in [6.07, 6.45) is 2.82. The van der Waals surface area contributed by atoms with Gasteiger partial charge in [0.1, 0.15) is 0 Å². The number of allylic oxidation sites excluding steroid dienone is 2. The summed E-state index contributed by atoms with van der Waals surface area (Å²) in [7, 11) is 0. The molecule has 26 heavy (non-hydrogen) atoms. The van der Waals surface area contributed by atoms with E-state index in [0.717, 1.165) is 10.9 Å². The molecule has 0 atom stereocenters. The molecular formula is C22H24O2Se2. The summed E-state index contributed by atoms with van der Waals surface area (Å²) in [6.45, 7) is 4.41. The SMILES string of the molecule is CCOC(=O)/C(=C\[Se]c1ccccc1)C/C=C(\C)C[Se]c1ccccc1. The third-order valence-electron chi connectivity index (χ3n) is 3.50. The molecule has 0 N–H and O–H groups in total. The summed E-state index contributed by atoms with van der Waals surface area (Å²) >= 11 is 0.572. The Labute approximate surface area is 169 Å². The Bertz CT molecular complexity index is 737. The van der Waals surface area contributed by atoms with Gasteiger partial charge in [-0.25, -0.2) is 0 Å². The van der Waals surface area contributed by atoms with Gasteiger partial charge in [0, 0.05) is 0 Å². The fourth-order valence-electron chi connectivity index (χ4n) is 2.10. The average Bonchev–Trinajstić information content (AvgIpc) is 2.68. The van der Waals surface area contributed by atoms with Crippen molar-refractivity contribution < 1.29 is 9.53 Å². The first-order valence-electron chi connectivity index (χ1n) is 8.60. The van der Waals surface area contributed by atoms with Crippen LogP contribution in [0.2, 0.25) is 5.32 Å². The third-order valence-corrected chi connectivity index (χ3v) is 8.01. The number of carbonyl (C=O) groups excluding carboxylic acids is 1. The van der Waals surface area contributed by atoms with Crippen LogP contribution in [0.5, 0.6) is 0 Å². The Kier molecular flexibility index (Phi) is 9.52. The van der Waals surface area contributed by atoms with Gasteiger partial charge in [0.15, 0.2) is 0 Å². The van der Waals surface area contributed by atoms with Gasteiger partial charge in [0.2, 0.25) is 0 Å². The molecular weight excluding hydrogens is 454 g/mol. The van der Waals surface area contributed by atoms with E-state index in [1.54, 1.807) is 0 Å². The summed E-state index contributed by atoms with van der Waals surface area (Å²) in [6, 6.07) is 20.9. The van der Waals surface area contributed by atoms with Crippen LogP contribution in [0.25, 0.3) is 0 Å². The van der Waals surface area contributed by atoms with Gasteiger partial charge in [-0.2, -0.15) is 0 Å². The molecule has 0 radical (unpaired) electrons. The fraction of sp³-hybridized carbons (Fsp3) is 0.227. The van der Waals surface area contributed by atoms with Crippen LogP contribution in [0, 0.1) is 0 Å². The van der Waals surface area contributed by atoms with E-state index in [4.69, 9.17) is 4.74 Å². The normalized spacial score (nSPS) is 12.1. The van der Waals surface area contributed by atoms with Crippen molar-refractivity contribution in [3.8, 4) is 0 Å². The zero-order chi connectivity index (χ0) is 18.6. The summed E-state index contributed by atoms with van der Waals surface area (Å²) in [5, 5.41) is 1.07. The molecule has 0 saturated carbocycles. The topological polar surface area (TPSA) is 26.3 Å². The minimum absolute atomic E-state index is 0.138. The maximum atomic E-state index is 12.3. The van der Waals surface area contributed by atoms with Gasteiger partial charge < -0.3 is 0 Å². The van der Waals surface area contributed by atoms with Crippen LogP contribution in [-0.2, 0) is 9.53 Å². The second-order valence-corrected chi connectivity index (χ2v) is 9.83. The molecule has 0 unspecified atom stereocenters. The van der Waals surface area contributed by atoms with Crippen molar-refractivity contribution in [1.29, 1.82) is 0 Å². The predicted octanol–water partition coefficient (Wildman–Crippen LogP) is 3.25. The quantitative estimate of drug-likeness (QED) is 0.240. The average molecular weight is 478 g/mol. The second kappa shape index (κ2) is 11.9.